The summed E-state index contributed by atoms with van der Waals surface area (Å²) in [7, 11) is 0. The van der Waals surface area contributed by atoms with E-state index in [2.05, 4.69) is 11.8 Å². The van der Waals surface area contributed by atoms with Gasteiger partial charge in [0.1, 0.15) is 0 Å². The topological polar surface area (TPSA) is 88.0 Å². The van der Waals surface area contributed by atoms with Crippen molar-refractivity contribution in [1.29, 1.82) is 0 Å². The van der Waals surface area contributed by atoms with Crippen LogP contribution in [0.4, 0.5) is 0 Å². The summed E-state index contributed by atoms with van der Waals surface area (Å²) < 4.78 is 5.76. The smallest absolute Gasteiger partial charge is 0.298 e. The minimum atomic E-state index is -0.310. The minimum absolute atomic E-state index is 0.296. The van der Waals surface area contributed by atoms with Crippen LogP contribution in [0.2, 0.25) is 0 Å². The zero-order chi connectivity index (χ0) is 25.8. The number of hydrogen-bond acceptors (Lipinski definition) is 4. The van der Waals surface area contributed by atoms with Gasteiger partial charge in [-0.05, 0) is 58.8 Å². The van der Waals surface area contributed by atoms with E-state index in [9.17, 15) is 19.2 Å². The highest BCUT2D eigenvalue weighted by atomic mass is 16.2. The average Bonchev–Trinajstić information content (AvgIpc) is 2.81. The van der Waals surface area contributed by atoms with Crippen molar-refractivity contribution in [2.45, 2.75) is 97.8 Å². The van der Waals surface area contributed by atoms with Gasteiger partial charge in [0.2, 0.25) is 0 Å². The average molecular weight is 481 g/mol. The monoisotopic (exact) mass is 480 g/mol. The van der Waals surface area contributed by atoms with Gasteiger partial charge in [0.15, 0.2) is 0 Å². The highest BCUT2D eigenvalue weighted by molar-refractivity contribution is 5.01. The zero-order valence-electron chi connectivity index (χ0n) is 20.9. The normalized spacial score (nSPS) is 10.7. The van der Waals surface area contributed by atoms with Crippen LogP contribution in [0, 0.1) is 38.5 Å². The third kappa shape index (κ3) is 7.75. The molecule has 0 N–H and O–H groups in total. The molecule has 2 aromatic heterocycles. The van der Waals surface area contributed by atoms with Crippen molar-refractivity contribution in [2.75, 3.05) is 0 Å². The molecule has 2 heterocycles. The molecule has 0 spiro atoms. The Hall–Kier alpha value is -3.52. The van der Waals surface area contributed by atoms with Crippen molar-refractivity contribution < 1.29 is 0 Å². The van der Waals surface area contributed by atoms with Gasteiger partial charge in [-0.3, -0.25) is 27.9 Å². The van der Waals surface area contributed by atoms with E-state index in [0.717, 1.165) is 25.7 Å². The Morgan fingerprint density at radius 3 is 1.29 bits per heavy atom. The first-order chi connectivity index (χ1) is 16.8. The molecule has 0 saturated heterocycles. The van der Waals surface area contributed by atoms with Crippen LogP contribution in [0.3, 0.4) is 0 Å². The number of hydrogen-bond donors (Lipinski definition) is 0. The maximum atomic E-state index is 12.8. The van der Waals surface area contributed by atoms with Crippen molar-refractivity contribution in [2.24, 2.45) is 0 Å². The second-order valence-electron chi connectivity index (χ2n) is 8.80. The largest absolute Gasteiger partial charge is 0.331 e. The van der Waals surface area contributed by atoms with Crippen LogP contribution in [0.25, 0.3) is 0 Å². The highest BCUT2D eigenvalue weighted by Gasteiger charge is 2.10. The van der Waals surface area contributed by atoms with Gasteiger partial charge in [0.25, 0.3) is 11.1 Å². The summed E-state index contributed by atoms with van der Waals surface area (Å²) in [5, 5.41) is 0. The van der Waals surface area contributed by atoms with Crippen molar-refractivity contribution in [3.8, 4) is 24.7 Å². The van der Waals surface area contributed by atoms with Gasteiger partial charge in [-0.15, -0.1) is 24.7 Å². The lowest BCUT2D eigenvalue weighted by Gasteiger charge is -2.14. The molecule has 0 aliphatic heterocycles. The Balaban J connectivity index is 1.98. The molecule has 2 rings (SSSR count). The van der Waals surface area contributed by atoms with Crippen LogP contribution in [-0.2, 0) is 26.2 Å². The van der Waals surface area contributed by atoms with E-state index in [1.165, 1.54) is 21.3 Å². The maximum Gasteiger partial charge on any atom is 0.331 e. The quantitative estimate of drug-likeness (QED) is 0.307. The van der Waals surface area contributed by atoms with Crippen molar-refractivity contribution >= 4 is 0 Å². The molecule has 0 fully saturated rings. The summed E-state index contributed by atoms with van der Waals surface area (Å²) in [5.41, 5.74) is 0.0543. The Morgan fingerprint density at radius 2 is 0.914 bits per heavy atom. The molecule has 0 aromatic carbocycles. The summed E-state index contributed by atoms with van der Waals surface area (Å²) in [6.07, 6.45) is 16.9. The number of aryl methyl sites for hydroxylation is 2. The first kappa shape index (κ1) is 27.7. The van der Waals surface area contributed by atoms with Crippen LogP contribution >= 0.6 is 0 Å². The molecule has 0 bridgehead atoms. The molecule has 8 nitrogen and oxygen atoms in total. The van der Waals surface area contributed by atoms with Crippen LogP contribution < -0.4 is 22.5 Å². The van der Waals surface area contributed by atoms with Crippen molar-refractivity contribution in [1.82, 2.24) is 18.3 Å². The first-order valence-electron chi connectivity index (χ1n) is 12.3. The van der Waals surface area contributed by atoms with Gasteiger partial charge < -0.3 is 0 Å². The van der Waals surface area contributed by atoms with Crippen LogP contribution in [0.1, 0.15) is 69.2 Å². The SMILES string of the molecule is C#CCCCCn1c(C)cc(=O)n(CCCCCn2c(=O)cc(C)n(CCCCC#C)c2=O)c1=O. The minimum Gasteiger partial charge on any atom is -0.298 e. The lowest BCUT2D eigenvalue weighted by atomic mass is 10.2. The Labute approximate surface area is 206 Å². The summed E-state index contributed by atoms with van der Waals surface area (Å²) >= 11 is 0. The molecular weight excluding hydrogens is 444 g/mol. The van der Waals surface area contributed by atoms with Crippen LogP contribution in [0.15, 0.2) is 31.3 Å². The number of rotatable bonds is 14. The van der Waals surface area contributed by atoms with E-state index in [4.69, 9.17) is 12.8 Å². The Bertz CT molecular complexity index is 1210. The van der Waals surface area contributed by atoms with Gasteiger partial charge in [-0.2, -0.15) is 0 Å². The molecule has 0 saturated carbocycles. The maximum absolute atomic E-state index is 12.8. The van der Waals surface area contributed by atoms with E-state index in [1.54, 1.807) is 23.0 Å². The van der Waals surface area contributed by atoms with Crippen molar-refractivity contribution in [3.63, 3.8) is 0 Å². The molecule has 0 radical (unpaired) electrons. The highest BCUT2D eigenvalue weighted by Crippen LogP contribution is 2.03. The van der Waals surface area contributed by atoms with Gasteiger partial charge in [0.05, 0.1) is 0 Å². The molecule has 0 unspecified atom stereocenters. The predicted molar refractivity (Wildman–Crippen MR) is 139 cm³/mol. The molecule has 35 heavy (non-hydrogen) atoms. The Kier molecular flexibility index (Phi) is 11.1. The standard InChI is InChI=1S/C27H36N4O4/c1-5-7-9-12-16-28-22(3)20-24(32)30(26(28)34)18-14-11-15-19-31-25(33)21-23(4)29(27(31)35)17-13-10-8-6-2/h1-2,20-21H,7-19H2,3-4H3. The summed E-state index contributed by atoms with van der Waals surface area (Å²) in [6, 6.07) is 2.97. The molecule has 8 heteroatoms. The van der Waals surface area contributed by atoms with Gasteiger partial charge in [0, 0.05) is 62.5 Å². The van der Waals surface area contributed by atoms with Crippen LogP contribution in [-0.4, -0.2) is 18.3 Å². The number of aromatic nitrogens is 4. The lowest BCUT2D eigenvalue weighted by Crippen LogP contribution is -2.41. The van der Waals surface area contributed by atoms with Crippen LogP contribution in [0.5, 0.6) is 0 Å². The fourth-order valence-electron chi connectivity index (χ4n) is 4.12. The van der Waals surface area contributed by atoms with Gasteiger partial charge in [-0.1, -0.05) is 0 Å². The fourth-order valence-corrected chi connectivity index (χ4v) is 4.12. The third-order valence-electron chi connectivity index (χ3n) is 6.14. The first-order valence-corrected chi connectivity index (χ1v) is 12.3. The summed E-state index contributed by atoms with van der Waals surface area (Å²) in [6.45, 7) is 5.16. The second kappa shape index (κ2) is 14.0. The van der Waals surface area contributed by atoms with E-state index in [-0.39, 0.29) is 22.5 Å². The van der Waals surface area contributed by atoms with E-state index < -0.39 is 0 Å². The molecule has 0 aliphatic carbocycles. The zero-order valence-corrected chi connectivity index (χ0v) is 20.9. The molecule has 0 amide bonds. The van der Waals surface area contributed by atoms with Gasteiger partial charge >= 0.3 is 11.4 Å². The predicted octanol–water partition coefficient (Wildman–Crippen LogP) is 2.43. The molecule has 0 aliphatic rings. The molecule has 0 atom stereocenters. The van der Waals surface area contributed by atoms with E-state index in [0.29, 0.717) is 69.7 Å². The third-order valence-corrected chi connectivity index (χ3v) is 6.14. The van der Waals surface area contributed by atoms with Gasteiger partial charge in [-0.25, -0.2) is 9.59 Å². The Morgan fingerprint density at radius 1 is 0.571 bits per heavy atom. The molecular formula is C27H36N4O4. The molecule has 188 valence electrons. The fraction of sp³-hybridized carbons (Fsp3) is 0.556. The summed E-state index contributed by atoms with van der Waals surface area (Å²) in [5.74, 6) is 5.18. The van der Waals surface area contributed by atoms with Crippen molar-refractivity contribution in [3.05, 3.63) is 65.2 Å². The number of nitrogens with zero attached hydrogens (tertiary/aromatic N) is 4. The van der Waals surface area contributed by atoms with E-state index >= 15 is 0 Å². The molecule has 2 aromatic rings. The number of terminal acetylenes is 2. The number of unbranched alkanes of at least 4 members (excludes halogenated alkanes) is 6. The lowest BCUT2D eigenvalue weighted by molar-refractivity contribution is 0.470. The second-order valence-corrected chi connectivity index (χ2v) is 8.80. The summed E-state index contributed by atoms with van der Waals surface area (Å²) in [4.78, 5) is 50.4. The van der Waals surface area contributed by atoms with E-state index in [1.807, 2.05) is 0 Å².